The van der Waals surface area contributed by atoms with Crippen molar-refractivity contribution in [3.63, 3.8) is 0 Å². The van der Waals surface area contributed by atoms with Crippen molar-refractivity contribution >= 4 is 40.7 Å². The normalized spacial score (nSPS) is 10.8. The second-order valence-corrected chi connectivity index (χ2v) is 5.84. The molecule has 0 fully saturated rings. The van der Waals surface area contributed by atoms with Gasteiger partial charge in [0.05, 0.1) is 18.5 Å². The molecule has 2 aromatic rings. The first-order valence-electron chi connectivity index (χ1n) is 8.07. The lowest BCUT2D eigenvalue weighted by molar-refractivity contribution is -0.154. The number of Topliss-reactive ketones (excluding diaryl/α,β-unsaturated/α-hetero) is 1. The van der Waals surface area contributed by atoms with E-state index in [4.69, 9.17) is 0 Å². The summed E-state index contributed by atoms with van der Waals surface area (Å²) in [6.07, 6.45) is 6.44. The Morgan fingerprint density at radius 1 is 1.16 bits per heavy atom. The van der Waals surface area contributed by atoms with Crippen LogP contribution >= 0.6 is 0 Å². The molecule has 0 amide bonds. The summed E-state index contributed by atoms with van der Waals surface area (Å²) in [5.41, 5.74) is 3.04. The van der Waals surface area contributed by atoms with Crippen molar-refractivity contribution in [2.75, 3.05) is 6.61 Å². The lowest BCUT2D eigenvalue weighted by Gasteiger charge is -1.98. The third kappa shape index (κ3) is 4.76. The van der Waals surface area contributed by atoms with Gasteiger partial charge < -0.3 is 9.30 Å². The van der Waals surface area contributed by atoms with E-state index in [-0.39, 0.29) is 6.61 Å². The van der Waals surface area contributed by atoms with E-state index in [0.717, 1.165) is 22.0 Å². The van der Waals surface area contributed by atoms with Gasteiger partial charge in [-0.25, -0.2) is 4.79 Å². The van der Waals surface area contributed by atoms with Gasteiger partial charge in [-0.05, 0) is 39.0 Å². The molecule has 5 heteroatoms. The molecule has 1 heterocycles. The van der Waals surface area contributed by atoms with Crippen LogP contribution in [0.5, 0.6) is 0 Å². The number of carbonyl (C=O) groups excluding carboxylic acids is 3. The Morgan fingerprint density at radius 3 is 2.56 bits per heavy atom. The molecule has 0 radical (unpaired) electrons. The number of rotatable bonds is 7. The Labute approximate surface area is 146 Å². The summed E-state index contributed by atoms with van der Waals surface area (Å²) in [6.45, 7) is 5.73. The molecule has 0 N–H and O–H groups in total. The van der Waals surface area contributed by atoms with Crippen molar-refractivity contribution in [1.29, 1.82) is 0 Å². The Balaban J connectivity index is 2.21. The predicted octanol–water partition coefficient (Wildman–Crippen LogP) is 3.63. The van der Waals surface area contributed by atoms with Gasteiger partial charge in [0.1, 0.15) is 0 Å². The van der Waals surface area contributed by atoms with Crippen LogP contribution in [0.3, 0.4) is 0 Å². The van der Waals surface area contributed by atoms with Gasteiger partial charge in [-0.15, -0.1) is 0 Å². The molecule has 0 aliphatic heterocycles. The molecular weight excluding hydrogens is 318 g/mol. The van der Waals surface area contributed by atoms with Crippen molar-refractivity contribution in [1.82, 2.24) is 4.57 Å². The van der Waals surface area contributed by atoms with E-state index in [1.807, 2.05) is 55.1 Å². The first-order chi connectivity index (χ1) is 11.9. The Kier molecular flexibility index (Phi) is 6.06. The molecule has 5 nitrogen and oxygen atoms in total. The Hall–Kier alpha value is -2.95. The summed E-state index contributed by atoms with van der Waals surface area (Å²) in [4.78, 5) is 34.7. The SMILES string of the molecule is CCOC(=O)C(=O)CC(=O)/C=C/c1cn(C=C(C)C)c2ccccc12. The average molecular weight is 339 g/mol. The number of nitrogens with zero attached hydrogens (tertiary/aromatic N) is 1. The van der Waals surface area contributed by atoms with Gasteiger partial charge in [-0.2, -0.15) is 0 Å². The van der Waals surface area contributed by atoms with Crippen LogP contribution < -0.4 is 0 Å². The standard InChI is InChI=1S/C20H21NO4/c1-4-25-20(24)19(23)11-16(22)10-9-15-13-21(12-14(2)3)18-8-6-5-7-17(15)18/h5-10,12-13H,4,11H2,1-3H3/b10-9+. The lowest BCUT2D eigenvalue weighted by atomic mass is 10.1. The van der Waals surface area contributed by atoms with Gasteiger partial charge in [0, 0.05) is 23.3 Å². The maximum absolute atomic E-state index is 11.9. The van der Waals surface area contributed by atoms with Crippen LogP contribution in [-0.4, -0.2) is 28.7 Å². The van der Waals surface area contributed by atoms with Crippen molar-refractivity contribution in [3.05, 3.63) is 47.7 Å². The number of benzene rings is 1. The molecule has 25 heavy (non-hydrogen) atoms. The highest BCUT2D eigenvalue weighted by Gasteiger charge is 2.17. The molecule has 1 aromatic carbocycles. The number of hydrogen-bond acceptors (Lipinski definition) is 4. The fourth-order valence-electron chi connectivity index (χ4n) is 2.43. The van der Waals surface area contributed by atoms with Crippen LogP contribution in [0.1, 0.15) is 32.8 Å². The first kappa shape index (κ1) is 18.4. The van der Waals surface area contributed by atoms with E-state index in [1.54, 1.807) is 13.0 Å². The maximum atomic E-state index is 11.9. The van der Waals surface area contributed by atoms with Crippen molar-refractivity contribution in [2.45, 2.75) is 27.2 Å². The molecule has 130 valence electrons. The Bertz CT molecular complexity index is 867. The minimum Gasteiger partial charge on any atom is -0.460 e. The topological polar surface area (TPSA) is 65.4 Å². The molecule has 0 aliphatic carbocycles. The molecule has 0 saturated carbocycles. The van der Waals surface area contributed by atoms with Crippen LogP contribution in [0.25, 0.3) is 23.2 Å². The highest BCUT2D eigenvalue weighted by atomic mass is 16.5. The zero-order chi connectivity index (χ0) is 18.4. The summed E-state index contributed by atoms with van der Waals surface area (Å²) in [7, 11) is 0. The fourth-order valence-corrected chi connectivity index (χ4v) is 2.43. The van der Waals surface area contributed by atoms with E-state index in [2.05, 4.69) is 4.74 Å². The molecule has 0 unspecified atom stereocenters. The maximum Gasteiger partial charge on any atom is 0.375 e. The monoisotopic (exact) mass is 339 g/mol. The number of ether oxygens (including phenoxy) is 1. The van der Waals surface area contributed by atoms with Crippen molar-refractivity contribution in [3.8, 4) is 0 Å². The lowest BCUT2D eigenvalue weighted by Crippen LogP contribution is -2.19. The molecule has 0 saturated heterocycles. The van der Waals surface area contributed by atoms with E-state index in [9.17, 15) is 14.4 Å². The summed E-state index contributed by atoms with van der Waals surface area (Å²) < 4.78 is 6.59. The van der Waals surface area contributed by atoms with E-state index in [0.29, 0.717) is 0 Å². The summed E-state index contributed by atoms with van der Waals surface area (Å²) in [5, 5.41) is 1.00. The van der Waals surface area contributed by atoms with E-state index in [1.165, 1.54) is 6.08 Å². The number of para-hydroxylation sites is 1. The fraction of sp³-hybridized carbons (Fsp3) is 0.250. The summed E-state index contributed by atoms with van der Waals surface area (Å²) in [6, 6.07) is 7.85. The average Bonchev–Trinajstić information content (AvgIpc) is 2.90. The molecular formula is C20H21NO4. The number of fused-ring (bicyclic) bond motifs is 1. The number of allylic oxidation sites excluding steroid dienone is 2. The zero-order valence-electron chi connectivity index (χ0n) is 14.6. The van der Waals surface area contributed by atoms with Gasteiger partial charge in [-0.3, -0.25) is 9.59 Å². The van der Waals surface area contributed by atoms with Gasteiger partial charge in [0.2, 0.25) is 5.78 Å². The van der Waals surface area contributed by atoms with E-state index < -0.39 is 24.0 Å². The van der Waals surface area contributed by atoms with Gasteiger partial charge in [0.25, 0.3) is 0 Å². The number of hydrogen-bond donors (Lipinski definition) is 0. The summed E-state index contributed by atoms with van der Waals surface area (Å²) in [5.74, 6) is -2.23. The second kappa shape index (κ2) is 8.24. The zero-order valence-corrected chi connectivity index (χ0v) is 14.6. The minimum atomic E-state index is -0.968. The molecule has 0 bridgehead atoms. The molecule has 2 rings (SSSR count). The highest BCUT2D eigenvalue weighted by Crippen LogP contribution is 2.23. The number of aromatic nitrogens is 1. The Morgan fingerprint density at radius 2 is 1.88 bits per heavy atom. The van der Waals surface area contributed by atoms with Gasteiger partial charge >= 0.3 is 5.97 Å². The van der Waals surface area contributed by atoms with Crippen molar-refractivity contribution < 1.29 is 19.1 Å². The van der Waals surface area contributed by atoms with Gasteiger partial charge in [-0.1, -0.05) is 23.8 Å². The van der Waals surface area contributed by atoms with Crippen LogP contribution in [0.15, 0.2) is 42.1 Å². The highest BCUT2D eigenvalue weighted by molar-refractivity contribution is 6.37. The molecule has 0 aliphatic rings. The molecule has 0 spiro atoms. The molecule has 0 atom stereocenters. The smallest absolute Gasteiger partial charge is 0.375 e. The number of carbonyl (C=O) groups is 3. The molecule has 1 aromatic heterocycles. The van der Waals surface area contributed by atoms with Crippen molar-refractivity contribution in [2.24, 2.45) is 0 Å². The third-order valence-corrected chi connectivity index (χ3v) is 3.46. The largest absolute Gasteiger partial charge is 0.460 e. The van der Waals surface area contributed by atoms with E-state index >= 15 is 0 Å². The van der Waals surface area contributed by atoms with Gasteiger partial charge in [0.15, 0.2) is 5.78 Å². The summed E-state index contributed by atoms with van der Waals surface area (Å²) >= 11 is 0. The number of ketones is 2. The van der Waals surface area contributed by atoms with Crippen LogP contribution in [0.2, 0.25) is 0 Å². The number of esters is 1. The predicted molar refractivity (Wildman–Crippen MR) is 97.9 cm³/mol. The second-order valence-electron chi connectivity index (χ2n) is 5.84. The van der Waals surface area contributed by atoms with Crippen LogP contribution in [0.4, 0.5) is 0 Å². The quantitative estimate of drug-likeness (QED) is 0.334. The third-order valence-electron chi connectivity index (χ3n) is 3.46. The van der Waals surface area contributed by atoms with Crippen LogP contribution in [-0.2, 0) is 19.1 Å². The minimum absolute atomic E-state index is 0.110. The first-order valence-corrected chi connectivity index (χ1v) is 8.07. The van der Waals surface area contributed by atoms with Crippen LogP contribution in [0, 0.1) is 0 Å².